The lowest BCUT2D eigenvalue weighted by Gasteiger charge is -2.18. The van der Waals surface area contributed by atoms with Crippen LogP contribution < -0.4 is 11.3 Å². The van der Waals surface area contributed by atoms with Crippen molar-refractivity contribution >= 4 is 0 Å². The summed E-state index contributed by atoms with van der Waals surface area (Å²) in [4.78, 5) is 8.56. The molecule has 0 aliphatic carbocycles. The van der Waals surface area contributed by atoms with Gasteiger partial charge in [-0.3, -0.25) is 15.8 Å². The number of aromatic nitrogens is 2. The normalized spacial score (nSPS) is 12.4. The lowest BCUT2D eigenvalue weighted by Crippen LogP contribution is -2.29. The third-order valence-electron chi connectivity index (χ3n) is 2.76. The van der Waals surface area contributed by atoms with Crippen molar-refractivity contribution in [3.05, 3.63) is 59.2 Å². The summed E-state index contributed by atoms with van der Waals surface area (Å²) in [5.74, 6) is 5.64. The molecule has 1 unspecified atom stereocenters. The van der Waals surface area contributed by atoms with Crippen LogP contribution in [-0.4, -0.2) is 9.97 Å². The van der Waals surface area contributed by atoms with Gasteiger partial charge in [0.2, 0.25) is 0 Å². The predicted molar refractivity (Wildman–Crippen MR) is 67.1 cm³/mol. The Balaban J connectivity index is 2.42. The summed E-state index contributed by atoms with van der Waals surface area (Å²) in [5, 5.41) is 0. The summed E-state index contributed by atoms with van der Waals surface area (Å²) < 4.78 is 0. The molecule has 4 nitrogen and oxygen atoms in total. The Hall–Kier alpha value is -1.78. The van der Waals surface area contributed by atoms with Gasteiger partial charge in [-0.05, 0) is 37.1 Å². The zero-order chi connectivity index (χ0) is 12.3. The van der Waals surface area contributed by atoms with Crippen molar-refractivity contribution in [1.82, 2.24) is 15.4 Å². The SMILES string of the molecule is Cc1ccc(C(NN)c2cccnc2)c(C)n1. The number of hydrogen-bond acceptors (Lipinski definition) is 4. The van der Waals surface area contributed by atoms with Crippen molar-refractivity contribution < 1.29 is 0 Å². The van der Waals surface area contributed by atoms with Crippen LogP contribution in [0.4, 0.5) is 0 Å². The number of hydrogen-bond donors (Lipinski definition) is 2. The van der Waals surface area contributed by atoms with E-state index in [-0.39, 0.29) is 6.04 Å². The molecule has 4 heteroatoms. The fourth-order valence-electron chi connectivity index (χ4n) is 1.91. The highest BCUT2D eigenvalue weighted by Crippen LogP contribution is 2.22. The standard InChI is InChI=1S/C13H16N4/c1-9-5-6-12(10(2)16-9)13(17-14)11-4-3-7-15-8-11/h3-8,13,17H,14H2,1-2H3. The molecule has 2 heterocycles. The third kappa shape index (κ3) is 2.49. The lowest BCUT2D eigenvalue weighted by molar-refractivity contribution is 0.628. The van der Waals surface area contributed by atoms with Gasteiger partial charge in [-0.15, -0.1) is 0 Å². The molecule has 0 amide bonds. The molecule has 3 N–H and O–H groups in total. The maximum absolute atomic E-state index is 5.64. The number of aryl methyl sites for hydroxylation is 2. The molecule has 0 aliphatic heterocycles. The van der Waals surface area contributed by atoms with E-state index in [4.69, 9.17) is 5.84 Å². The Morgan fingerprint density at radius 2 is 2.06 bits per heavy atom. The highest BCUT2D eigenvalue weighted by Gasteiger charge is 2.15. The molecule has 0 spiro atoms. The van der Waals surface area contributed by atoms with Gasteiger partial charge in [0.25, 0.3) is 0 Å². The van der Waals surface area contributed by atoms with Gasteiger partial charge in [0, 0.05) is 23.8 Å². The minimum atomic E-state index is -0.0724. The third-order valence-corrected chi connectivity index (χ3v) is 2.76. The van der Waals surface area contributed by atoms with E-state index < -0.39 is 0 Å². The largest absolute Gasteiger partial charge is 0.271 e. The van der Waals surface area contributed by atoms with Crippen molar-refractivity contribution in [1.29, 1.82) is 0 Å². The fraction of sp³-hybridized carbons (Fsp3) is 0.231. The minimum Gasteiger partial charge on any atom is -0.271 e. The van der Waals surface area contributed by atoms with Crippen LogP contribution in [0.25, 0.3) is 0 Å². The first-order valence-electron chi connectivity index (χ1n) is 5.52. The van der Waals surface area contributed by atoms with Gasteiger partial charge in [0.15, 0.2) is 0 Å². The second-order valence-corrected chi connectivity index (χ2v) is 4.01. The summed E-state index contributed by atoms with van der Waals surface area (Å²) in [6.07, 6.45) is 3.56. The van der Waals surface area contributed by atoms with Gasteiger partial charge in [0.05, 0.1) is 6.04 Å². The zero-order valence-corrected chi connectivity index (χ0v) is 10.0. The monoisotopic (exact) mass is 228 g/mol. The Labute approximate surface area is 101 Å². The van der Waals surface area contributed by atoms with Crippen LogP contribution in [0.5, 0.6) is 0 Å². The van der Waals surface area contributed by atoms with Gasteiger partial charge in [-0.2, -0.15) is 0 Å². The van der Waals surface area contributed by atoms with Crippen LogP contribution in [0.1, 0.15) is 28.6 Å². The van der Waals surface area contributed by atoms with Crippen molar-refractivity contribution in [3.63, 3.8) is 0 Å². The van der Waals surface area contributed by atoms with E-state index in [1.165, 1.54) is 0 Å². The van der Waals surface area contributed by atoms with E-state index in [1.54, 1.807) is 6.20 Å². The molecule has 0 radical (unpaired) electrons. The van der Waals surface area contributed by atoms with Crippen molar-refractivity contribution in [2.75, 3.05) is 0 Å². The van der Waals surface area contributed by atoms with Crippen LogP contribution in [0.3, 0.4) is 0 Å². The molecular weight excluding hydrogens is 212 g/mol. The first-order valence-corrected chi connectivity index (χ1v) is 5.52. The molecule has 0 bridgehead atoms. The first kappa shape index (κ1) is 11.7. The number of hydrazine groups is 1. The number of rotatable bonds is 3. The van der Waals surface area contributed by atoms with Crippen molar-refractivity contribution in [3.8, 4) is 0 Å². The molecule has 1 atom stereocenters. The van der Waals surface area contributed by atoms with Crippen molar-refractivity contribution in [2.24, 2.45) is 5.84 Å². The van der Waals surface area contributed by atoms with Crippen LogP contribution in [0.2, 0.25) is 0 Å². The summed E-state index contributed by atoms with van der Waals surface area (Å²) in [6, 6.07) is 7.86. The highest BCUT2D eigenvalue weighted by atomic mass is 15.2. The van der Waals surface area contributed by atoms with Gasteiger partial charge >= 0.3 is 0 Å². The molecule has 2 aromatic heterocycles. The van der Waals surface area contributed by atoms with Crippen LogP contribution >= 0.6 is 0 Å². The summed E-state index contributed by atoms with van der Waals surface area (Å²) in [7, 11) is 0. The van der Waals surface area contributed by atoms with Gasteiger partial charge in [0.1, 0.15) is 0 Å². The van der Waals surface area contributed by atoms with Crippen LogP contribution in [-0.2, 0) is 0 Å². The topological polar surface area (TPSA) is 63.8 Å². The molecule has 2 rings (SSSR count). The maximum Gasteiger partial charge on any atom is 0.0742 e. The fourth-order valence-corrected chi connectivity index (χ4v) is 1.91. The quantitative estimate of drug-likeness (QED) is 0.619. The zero-order valence-electron chi connectivity index (χ0n) is 10.0. The maximum atomic E-state index is 5.64. The van der Waals surface area contributed by atoms with Crippen molar-refractivity contribution in [2.45, 2.75) is 19.9 Å². The molecule has 0 aliphatic rings. The summed E-state index contributed by atoms with van der Waals surface area (Å²) in [6.45, 7) is 3.97. The average molecular weight is 228 g/mol. The summed E-state index contributed by atoms with van der Waals surface area (Å²) >= 11 is 0. The van der Waals surface area contributed by atoms with Gasteiger partial charge < -0.3 is 0 Å². The van der Waals surface area contributed by atoms with E-state index in [0.717, 1.165) is 22.5 Å². The molecule has 0 aromatic carbocycles. The number of nitrogens with two attached hydrogens (primary N) is 1. The van der Waals surface area contributed by atoms with Gasteiger partial charge in [-0.25, -0.2) is 5.43 Å². The molecule has 17 heavy (non-hydrogen) atoms. The molecular formula is C13H16N4. The minimum absolute atomic E-state index is 0.0724. The van der Waals surface area contributed by atoms with E-state index >= 15 is 0 Å². The Morgan fingerprint density at radius 3 is 2.65 bits per heavy atom. The van der Waals surface area contributed by atoms with E-state index in [2.05, 4.69) is 21.5 Å². The number of nitrogens with zero attached hydrogens (tertiary/aromatic N) is 2. The predicted octanol–water partition coefficient (Wildman–Crippen LogP) is 1.65. The molecule has 88 valence electrons. The van der Waals surface area contributed by atoms with E-state index in [9.17, 15) is 0 Å². The van der Waals surface area contributed by atoms with E-state index in [0.29, 0.717) is 0 Å². The average Bonchev–Trinajstić information content (AvgIpc) is 2.34. The Kier molecular flexibility index (Phi) is 3.46. The second-order valence-electron chi connectivity index (χ2n) is 4.01. The smallest absolute Gasteiger partial charge is 0.0742 e. The highest BCUT2D eigenvalue weighted by molar-refractivity contribution is 5.33. The molecule has 2 aromatic rings. The van der Waals surface area contributed by atoms with E-state index in [1.807, 2.05) is 38.2 Å². The molecule has 0 fully saturated rings. The Bertz CT molecular complexity index is 496. The van der Waals surface area contributed by atoms with Gasteiger partial charge in [-0.1, -0.05) is 12.1 Å². The Morgan fingerprint density at radius 1 is 1.24 bits per heavy atom. The number of nitrogens with one attached hydrogen (secondary N) is 1. The van der Waals surface area contributed by atoms with Crippen LogP contribution in [0.15, 0.2) is 36.7 Å². The second kappa shape index (κ2) is 5.03. The van der Waals surface area contributed by atoms with Crippen LogP contribution in [0, 0.1) is 13.8 Å². The summed E-state index contributed by atoms with van der Waals surface area (Å²) in [5.41, 5.74) is 6.91. The molecule has 0 saturated carbocycles. The first-order chi connectivity index (χ1) is 8.22. The molecule has 0 saturated heterocycles. The number of pyridine rings is 2. The lowest BCUT2D eigenvalue weighted by atomic mass is 9.99.